The Kier molecular flexibility index (Phi) is 6.22. The number of sulfonamides is 1. The second-order valence-electron chi connectivity index (χ2n) is 4.91. The minimum atomic E-state index is -3.77. The van der Waals surface area contributed by atoms with Gasteiger partial charge >= 0.3 is 5.97 Å². The van der Waals surface area contributed by atoms with Crippen LogP contribution in [0.5, 0.6) is 5.75 Å². The number of halogens is 2. The van der Waals surface area contributed by atoms with Crippen LogP contribution in [0.4, 0.5) is 10.1 Å². The first-order chi connectivity index (χ1) is 11.8. The standard InChI is InChI=1S/C16H15ClFNO5S/c1-23-16(20)11-2-7-14(17)15(10-11)19-25(21,22)9-8-24-13-5-3-12(18)4-6-13/h2-7,10,19H,8-9H2,1H3. The molecule has 134 valence electrons. The maximum absolute atomic E-state index is 12.8. The van der Waals surface area contributed by atoms with Crippen molar-refractivity contribution in [1.29, 1.82) is 0 Å². The highest BCUT2D eigenvalue weighted by molar-refractivity contribution is 7.92. The average Bonchev–Trinajstić information content (AvgIpc) is 2.57. The highest BCUT2D eigenvalue weighted by Gasteiger charge is 2.15. The first-order valence-corrected chi connectivity index (χ1v) is 9.10. The fraction of sp³-hybridized carbons (Fsp3) is 0.188. The molecule has 0 unspecified atom stereocenters. The van der Waals surface area contributed by atoms with E-state index < -0.39 is 21.8 Å². The van der Waals surface area contributed by atoms with Crippen molar-refractivity contribution < 1.29 is 27.1 Å². The number of carbonyl (C=O) groups excluding carboxylic acids is 1. The number of anilines is 1. The number of ether oxygens (including phenoxy) is 2. The van der Waals surface area contributed by atoms with Crippen molar-refractivity contribution in [2.75, 3.05) is 24.2 Å². The molecule has 0 atom stereocenters. The zero-order chi connectivity index (χ0) is 18.4. The Morgan fingerprint density at radius 1 is 1.20 bits per heavy atom. The SMILES string of the molecule is COC(=O)c1ccc(Cl)c(NS(=O)(=O)CCOc2ccc(F)cc2)c1. The van der Waals surface area contributed by atoms with Crippen LogP contribution in [0.2, 0.25) is 5.02 Å². The van der Waals surface area contributed by atoms with E-state index in [9.17, 15) is 17.6 Å². The Morgan fingerprint density at radius 2 is 1.88 bits per heavy atom. The summed E-state index contributed by atoms with van der Waals surface area (Å²) in [6.45, 7) is -0.144. The number of carbonyl (C=O) groups is 1. The number of nitrogens with one attached hydrogen (secondary N) is 1. The van der Waals surface area contributed by atoms with E-state index in [2.05, 4.69) is 9.46 Å². The van der Waals surface area contributed by atoms with Crippen LogP contribution < -0.4 is 9.46 Å². The number of hydrogen-bond donors (Lipinski definition) is 1. The van der Waals surface area contributed by atoms with Crippen molar-refractivity contribution in [3.63, 3.8) is 0 Å². The lowest BCUT2D eigenvalue weighted by Gasteiger charge is -2.11. The van der Waals surface area contributed by atoms with Gasteiger partial charge in [-0.2, -0.15) is 0 Å². The van der Waals surface area contributed by atoms with E-state index in [1.165, 1.54) is 49.6 Å². The molecule has 0 heterocycles. The van der Waals surface area contributed by atoms with E-state index in [4.69, 9.17) is 16.3 Å². The average molecular weight is 388 g/mol. The third-order valence-corrected chi connectivity index (χ3v) is 4.65. The minimum absolute atomic E-state index is 0.0614. The second-order valence-corrected chi connectivity index (χ2v) is 7.16. The van der Waals surface area contributed by atoms with Crippen molar-refractivity contribution in [1.82, 2.24) is 0 Å². The van der Waals surface area contributed by atoms with Gasteiger partial charge in [-0.3, -0.25) is 4.72 Å². The molecule has 0 radical (unpaired) electrons. The van der Waals surface area contributed by atoms with E-state index in [-0.39, 0.29) is 28.6 Å². The van der Waals surface area contributed by atoms with Gasteiger partial charge in [-0.1, -0.05) is 11.6 Å². The van der Waals surface area contributed by atoms with Crippen LogP contribution in [0.3, 0.4) is 0 Å². The summed E-state index contributed by atoms with van der Waals surface area (Å²) in [5.41, 5.74) is 0.221. The lowest BCUT2D eigenvalue weighted by atomic mass is 10.2. The number of hydrogen-bond acceptors (Lipinski definition) is 5. The Labute approximate surface area is 149 Å². The maximum Gasteiger partial charge on any atom is 0.337 e. The first-order valence-electron chi connectivity index (χ1n) is 7.07. The van der Waals surface area contributed by atoms with Gasteiger partial charge in [0.25, 0.3) is 0 Å². The molecule has 0 spiro atoms. The summed E-state index contributed by atoms with van der Waals surface area (Å²) in [5.74, 6) is -1.04. The van der Waals surface area contributed by atoms with Gasteiger partial charge in [0.05, 0.1) is 23.4 Å². The summed E-state index contributed by atoms with van der Waals surface area (Å²) in [5, 5.41) is 0.135. The van der Waals surface area contributed by atoms with Gasteiger partial charge in [-0.05, 0) is 42.5 Å². The molecular weight excluding hydrogens is 373 g/mol. The Bertz CT molecular complexity index is 855. The molecule has 0 aliphatic heterocycles. The normalized spacial score (nSPS) is 11.0. The van der Waals surface area contributed by atoms with E-state index >= 15 is 0 Å². The van der Waals surface area contributed by atoms with Gasteiger partial charge in [0, 0.05) is 0 Å². The summed E-state index contributed by atoms with van der Waals surface area (Å²) in [6, 6.07) is 9.30. The van der Waals surface area contributed by atoms with E-state index in [0.29, 0.717) is 5.75 Å². The van der Waals surface area contributed by atoms with Crippen LogP contribution in [0.25, 0.3) is 0 Å². The van der Waals surface area contributed by atoms with Crippen molar-refractivity contribution in [2.24, 2.45) is 0 Å². The molecule has 1 N–H and O–H groups in total. The third kappa shape index (κ3) is 5.61. The predicted molar refractivity (Wildman–Crippen MR) is 92.1 cm³/mol. The van der Waals surface area contributed by atoms with E-state index in [0.717, 1.165) is 0 Å². The zero-order valence-electron chi connectivity index (χ0n) is 13.2. The molecule has 6 nitrogen and oxygen atoms in total. The van der Waals surface area contributed by atoms with Crippen molar-refractivity contribution >= 4 is 33.3 Å². The summed E-state index contributed by atoms with van der Waals surface area (Å²) < 4.78 is 49.2. The molecule has 0 bridgehead atoms. The van der Waals surface area contributed by atoms with Crippen molar-refractivity contribution in [3.05, 3.63) is 58.9 Å². The topological polar surface area (TPSA) is 81.7 Å². The lowest BCUT2D eigenvalue weighted by molar-refractivity contribution is 0.0601. The van der Waals surface area contributed by atoms with Crippen molar-refractivity contribution in [3.8, 4) is 5.75 Å². The molecular formula is C16H15ClFNO5S. The quantitative estimate of drug-likeness (QED) is 0.738. The second kappa shape index (κ2) is 8.17. The molecule has 2 rings (SSSR count). The first kappa shape index (κ1) is 19.0. The summed E-state index contributed by atoms with van der Waals surface area (Å²) >= 11 is 5.95. The minimum Gasteiger partial charge on any atom is -0.492 e. The molecule has 0 saturated carbocycles. The number of benzene rings is 2. The molecule has 2 aromatic rings. The van der Waals surface area contributed by atoms with Crippen LogP contribution in [0, 0.1) is 5.82 Å². The fourth-order valence-electron chi connectivity index (χ4n) is 1.87. The zero-order valence-corrected chi connectivity index (χ0v) is 14.7. The number of rotatable bonds is 7. The van der Waals surface area contributed by atoms with Gasteiger partial charge in [0.2, 0.25) is 10.0 Å². The van der Waals surface area contributed by atoms with Gasteiger partial charge < -0.3 is 9.47 Å². The highest BCUT2D eigenvalue weighted by atomic mass is 35.5. The molecule has 0 fully saturated rings. The molecule has 9 heteroatoms. The van der Waals surface area contributed by atoms with Crippen molar-refractivity contribution in [2.45, 2.75) is 0 Å². The molecule has 0 aromatic heterocycles. The summed E-state index contributed by atoms with van der Waals surface area (Å²) in [7, 11) is -2.55. The molecule has 25 heavy (non-hydrogen) atoms. The molecule has 0 saturated heterocycles. The van der Waals surface area contributed by atoms with Crippen LogP contribution in [-0.4, -0.2) is 33.9 Å². The van der Waals surface area contributed by atoms with Gasteiger partial charge in [0.15, 0.2) is 0 Å². The monoisotopic (exact) mass is 387 g/mol. The van der Waals surface area contributed by atoms with E-state index in [1.807, 2.05) is 0 Å². The van der Waals surface area contributed by atoms with Crippen LogP contribution >= 0.6 is 11.6 Å². The molecule has 0 aliphatic rings. The molecule has 0 aliphatic carbocycles. The molecule has 0 amide bonds. The Balaban J connectivity index is 2.00. The highest BCUT2D eigenvalue weighted by Crippen LogP contribution is 2.24. The predicted octanol–water partition coefficient (Wildman–Crippen LogP) is 3.09. The van der Waals surface area contributed by atoms with E-state index in [1.54, 1.807) is 0 Å². The van der Waals surface area contributed by atoms with Crippen LogP contribution in [0.15, 0.2) is 42.5 Å². The Morgan fingerprint density at radius 3 is 2.52 bits per heavy atom. The summed E-state index contributed by atoms with van der Waals surface area (Å²) in [6.07, 6.45) is 0. The fourth-order valence-corrected chi connectivity index (χ4v) is 3.00. The number of methoxy groups -OCH3 is 1. The largest absolute Gasteiger partial charge is 0.492 e. The van der Waals surface area contributed by atoms with Crippen LogP contribution in [-0.2, 0) is 14.8 Å². The smallest absolute Gasteiger partial charge is 0.337 e. The van der Waals surface area contributed by atoms with Gasteiger partial charge in [-0.25, -0.2) is 17.6 Å². The van der Waals surface area contributed by atoms with Gasteiger partial charge in [0.1, 0.15) is 23.9 Å². The number of esters is 1. The third-order valence-electron chi connectivity index (χ3n) is 3.09. The van der Waals surface area contributed by atoms with Crippen LogP contribution in [0.1, 0.15) is 10.4 Å². The van der Waals surface area contributed by atoms with Gasteiger partial charge in [-0.15, -0.1) is 0 Å². The lowest BCUT2D eigenvalue weighted by Crippen LogP contribution is -2.21. The Hall–Kier alpha value is -2.32. The maximum atomic E-state index is 12.8. The molecule has 2 aromatic carbocycles. The summed E-state index contributed by atoms with van der Waals surface area (Å²) in [4.78, 5) is 11.5.